The Morgan fingerprint density at radius 1 is 1.14 bits per heavy atom. The molecule has 4 nitrogen and oxygen atoms in total. The summed E-state index contributed by atoms with van der Waals surface area (Å²) in [7, 11) is 0. The first-order chi connectivity index (χ1) is 9.87. The number of carboxylic acid groups (broad SMARTS) is 1. The third kappa shape index (κ3) is 8.42. The summed E-state index contributed by atoms with van der Waals surface area (Å²) in [5.74, 6) is -0.738. The van der Waals surface area contributed by atoms with Gasteiger partial charge < -0.3 is 15.3 Å². The fraction of sp³-hybridized carbons (Fsp3) is 0.941. The van der Waals surface area contributed by atoms with Crippen LogP contribution < -0.4 is 5.32 Å². The lowest BCUT2D eigenvalue weighted by atomic mass is 9.95. The molecule has 126 valence electrons. The number of hydrogen-bond donors (Lipinski definition) is 2. The van der Waals surface area contributed by atoms with Gasteiger partial charge in [-0.1, -0.05) is 26.7 Å². The number of unbranched alkanes of at least 4 members (excludes halogenated alkanes) is 2. The zero-order chi connectivity index (χ0) is 16.3. The molecule has 0 aliphatic carbocycles. The fourth-order valence-electron chi connectivity index (χ4n) is 2.50. The van der Waals surface area contributed by atoms with Gasteiger partial charge in [-0.05, 0) is 66.1 Å². The Morgan fingerprint density at radius 3 is 2.24 bits per heavy atom. The molecule has 0 heterocycles. The van der Waals surface area contributed by atoms with Crippen molar-refractivity contribution in [2.75, 3.05) is 19.6 Å². The van der Waals surface area contributed by atoms with Crippen molar-refractivity contribution in [3.05, 3.63) is 0 Å². The first-order valence-electron chi connectivity index (χ1n) is 8.59. The molecule has 0 fully saturated rings. The van der Waals surface area contributed by atoms with Gasteiger partial charge in [0.05, 0.1) is 0 Å². The minimum Gasteiger partial charge on any atom is -0.480 e. The Hall–Kier alpha value is -0.610. The van der Waals surface area contributed by atoms with Crippen LogP contribution in [0.4, 0.5) is 0 Å². The Morgan fingerprint density at radius 2 is 1.76 bits per heavy atom. The molecule has 0 spiro atoms. The monoisotopic (exact) mass is 300 g/mol. The first-order valence-corrected chi connectivity index (χ1v) is 8.59. The number of nitrogens with zero attached hydrogens (tertiary/aromatic N) is 1. The molecule has 0 bridgehead atoms. The molecule has 0 saturated heterocycles. The third-order valence-electron chi connectivity index (χ3n) is 4.14. The van der Waals surface area contributed by atoms with Gasteiger partial charge in [0, 0.05) is 6.04 Å². The average Bonchev–Trinajstić information content (AvgIpc) is 2.43. The van der Waals surface area contributed by atoms with Crippen LogP contribution in [0.3, 0.4) is 0 Å². The molecule has 21 heavy (non-hydrogen) atoms. The highest BCUT2D eigenvalue weighted by Gasteiger charge is 2.31. The van der Waals surface area contributed by atoms with E-state index in [2.05, 4.69) is 37.9 Å². The summed E-state index contributed by atoms with van der Waals surface area (Å²) in [6.45, 7) is 13.4. The van der Waals surface area contributed by atoms with Gasteiger partial charge in [-0.25, -0.2) is 0 Å². The number of aliphatic carboxylic acids is 1. The van der Waals surface area contributed by atoms with Crippen molar-refractivity contribution in [3.63, 3.8) is 0 Å². The summed E-state index contributed by atoms with van der Waals surface area (Å²) in [6, 6.07) is 0.529. The van der Waals surface area contributed by atoms with E-state index in [-0.39, 0.29) is 0 Å². The van der Waals surface area contributed by atoms with Crippen LogP contribution in [0.15, 0.2) is 0 Å². The molecule has 2 N–H and O–H groups in total. The van der Waals surface area contributed by atoms with Crippen LogP contribution >= 0.6 is 0 Å². The van der Waals surface area contributed by atoms with Gasteiger partial charge in [-0.15, -0.1) is 0 Å². The highest BCUT2D eigenvalue weighted by Crippen LogP contribution is 2.15. The van der Waals surface area contributed by atoms with Crippen LogP contribution in [-0.4, -0.2) is 47.2 Å². The largest absolute Gasteiger partial charge is 0.480 e. The second kappa shape index (κ2) is 11.0. The van der Waals surface area contributed by atoms with E-state index in [1.54, 1.807) is 0 Å². The number of rotatable bonds is 13. The summed E-state index contributed by atoms with van der Waals surface area (Å²) < 4.78 is 0. The standard InChI is InChI=1S/C17H36N2O2/c1-6-8-9-13-19(15(3)4)14-10-11-17(5,16(20)21)18-12-7-2/h15,18H,6-14H2,1-5H3,(H,20,21). The molecule has 0 aliphatic rings. The van der Waals surface area contributed by atoms with Crippen LogP contribution in [-0.2, 0) is 4.79 Å². The van der Waals surface area contributed by atoms with E-state index in [4.69, 9.17) is 0 Å². The highest BCUT2D eigenvalue weighted by molar-refractivity contribution is 5.78. The second-order valence-electron chi connectivity index (χ2n) is 6.50. The summed E-state index contributed by atoms with van der Waals surface area (Å²) in [5.41, 5.74) is -0.790. The molecule has 0 aliphatic heterocycles. The molecule has 0 aromatic rings. The number of hydrogen-bond acceptors (Lipinski definition) is 3. The predicted octanol–water partition coefficient (Wildman–Crippen LogP) is 3.51. The van der Waals surface area contributed by atoms with Crippen LogP contribution in [0.5, 0.6) is 0 Å². The van der Waals surface area contributed by atoms with E-state index < -0.39 is 11.5 Å². The number of carbonyl (C=O) groups is 1. The van der Waals surface area contributed by atoms with Crippen LogP contribution in [0, 0.1) is 0 Å². The van der Waals surface area contributed by atoms with Crippen molar-refractivity contribution in [1.29, 1.82) is 0 Å². The predicted molar refractivity (Wildman–Crippen MR) is 89.8 cm³/mol. The maximum absolute atomic E-state index is 11.5. The molecule has 0 aromatic carbocycles. The molecule has 4 heteroatoms. The lowest BCUT2D eigenvalue weighted by molar-refractivity contribution is -0.144. The quantitative estimate of drug-likeness (QED) is 0.511. The van der Waals surface area contributed by atoms with Crippen molar-refractivity contribution in [1.82, 2.24) is 10.2 Å². The van der Waals surface area contributed by atoms with Crippen molar-refractivity contribution in [2.45, 2.75) is 84.7 Å². The van der Waals surface area contributed by atoms with Gasteiger partial charge in [0.25, 0.3) is 0 Å². The normalized spacial score (nSPS) is 14.6. The average molecular weight is 300 g/mol. The van der Waals surface area contributed by atoms with Crippen LogP contribution in [0.1, 0.15) is 73.1 Å². The van der Waals surface area contributed by atoms with Crippen molar-refractivity contribution in [3.8, 4) is 0 Å². The fourth-order valence-corrected chi connectivity index (χ4v) is 2.50. The van der Waals surface area contributed by atoms with Gasteiger partial charge in [-0.3, -0.25) is 4.79 Å². The van der Waals surface area contributed by atoms with Gasteiger partial charge in [0.1, 0.15) is 5.54 Å². The lowest BCUT2D eigenvalue weighted by Gasteiger charge is -2.30. The zero-order valence-electron chi connectivity index (χ0n) is 14.7. The molecule has 1 atom stereocenters. The van der Waals surface area contributed by atoms with Gasteiger partial charge >= 0.3 is 5.97 Å². The van der Waals surface area contributed by atoms with E-state index in [9.17, 15) is 9.90 Å². The summed E-state index contributed by atoms with van der Waals surface area (Å²) >= 11 is 0. The molecule has 0 saturated carbocycles. The minimum absolute atomic E-state index is 0.529. The minimum atomic E-state index is -0.790. The maximum atomic E-state index is 11.5. The SMILES string of the molecule is CCCCCN(CCCC(C)(NCCC)C(=O)O)C(C)C. The van der Waals surface area contributed by atoms with E-state index >= 15 is 0 Å². The molecule has 1 unspecified atom stereocenters. The molecule has 0 rings (SSSR count). The smallest absolute Gasteiger partial charge is 0.323 e. The first kappa shape index (κ1) is 20.4. The molecular formula is C17H36N2O2. The Kier molecular flexibility index (Phi) is 10.7. The van der Waals surface area contributed by atoms with E-state index in [1.807, 2.05) is 6.92 Å². The van der Waals surface area contributed by atoms with Crippen molar-refractivity contribution >= 4 is 5.97 Å². The van der Waals surface area contributed by atoms with Gasteiger partial charge in [-0.2, -0.15) is 0 Å². The molecule has 0 aromatic heterocycles. The zero-order valence-corrected chi connectivity index (χ0v) is 14.7. The van der Waals surface area contributed by atoms with Crippen molar-refractivity contribution in [2.24, 2.45) is 0 Å². The number of carboxylic acids is 1. The Bertz CT molecular complexity index is 282. The van der Waals surface area contributed by atoms with E-state index in [0.29, 0.717) is 12.5 Å². The maximum Gasteiger partial charge on any atom is 0.323 e. The summed E-state index contributed by atoms with van der Waals surface area (Å²) in [5, 5.41) is 12.6. The third-order valence-corrected chi connectivity index (χ3v) is 4.14. The highest BCUT2D eigenvalue weighted by atomic mass is 16.4. The summed E-state index contributed by atoms with van der Waals surface area (Å²) in [6.07, 6.45) is 6.30. The lowest BCUT2D eigenvalue weighted by Crippen LogP contribution is -2.50. The topological polar surface area (TPSA) is 52.6 Å². The van der Waals surface area contributed by atoms with E-state index in [1.165, 1.54) is 19.3 Å². The molecular weight excluding hydrogens is 264 g/mol. The van der Waals surface area contributed by atoms with Gasteiger partial charge in [0.15, 0.2) is 0 Å². The Balaban J connectivity index is 4.28. The van der Waals surface area contributed by atoms with Crippen molar-refractivity contribution < 1.29 is 9.90 Å². The summed E-state index contributed by atoms with van der Waals surface area (Å²) in [4.78, 5) is 13.9. The van der Waals surface area contributed by atoms with Crippen LogP contribution in [0.2, 0.25) is 0 Å². The Labute approximate surface area is 131 Å². The van der Waals surface area contributed by atoms with Gasteiger partial charge in [0.2, 0.25) is 0 Å². The number of nitrogens with one attached hydrogen (secondary N) is 1. The van der Waals surface area contributed by atoms with Crippen LogP contribution in [0.25, 0.3) is 0 Å². The molecule has 0 amide bonds. The molecule has 0 radical (unpaired) electrons. The van der Waals surface area contributed by atoms with E-state index in [0.717, 1.165) is 32.5 Å². The second-order valence-corrected chi connectivity index (χ2v) is 6.50.